The van der Waals surface area contributed by atoms with Crippen LogP contribution in [0.5, 0.6) is 17.2 Å². The van der Waals surface area contributed by atoms with E-state index in [1.807, 2.05) is 0 Å². The Morgan fingerprint density at radius 3 is 1.94 bits per heavy atom. The van der Waals surface area contributed by atoms with Gasteiger partial charge in [0.1, 0.15) is 17.2 Å². The SMILES string of the molecule is COc1ccc(Oc2c(Cl)cc([NH3+])cc2Cl)cc1. The summed E-state index contributed by atoms with van der Waals surface area (Å²) < 4.78 is 10.7. The second-order valence-electron chi connectivity index (χ2n) is 3.67. The van der Waals surface area contributed by atoms with E-state index < -0.39 is 0 Å². The van der Waals surface area contributed by atoms with Gasteiger partial charge in [-0.05, 0) is 24.3 Å². The fourth-order valence-corrected chi connectivity index (χ4v) is 2.08. The van der Waals surface area contributed by atoms with Crippen LogP contribution < -0.4 is 15.2 Å². The molecular formula is C13H12Cl2NO2+. The maximum absolute atomic E-state index is 6.07. The van der Waals surface area contributed by atoms with Gasteiger partial charge in [-0.25, -0.2) is 0 Å². The largest absolute Gasteiger partial charge is 0.497 e. The second-order valence-corrected chi connectivity index (χ2v) is 4.48. The van der Waals surface area contributed by atoms with Crippen molar-refractivity contribution in [3.8, 4) is 17.2 Å². The van der Waals surface area contributed by atoms with Crippen LogP contribution in [0.3, 0.4) is 0 Å². The first-order valence-electron chi connectivity index (χ1n) is 5.23. The fraction of sp³-hybridized carbons (Fsp3) is 0.0769. The standard InChI is InChI=1S/C13H11Cl2NO2/c1-17-9-2-4-10(5-3-9)18-13-11(14)6-8(16)7-12(13)15/h2-7H,16H2,1H3/p+1. The number of hydrogen-bond acceptors (Lipinski definition) is 2. The van der Waals surface area contributed by atoms with E-state index in [0.29, 0.717) is 21.5 Å². The molecule has 0 fully saturated rings. The van der Waals surface area contributed by atoms with Crippen LogP contribution >= 0.6 is 23.2 Å². The first kappa shape index (κ1) is 13.0. The van der Waals surface area contributed by atoms with Crippen molar-refractivity contribution in [1.82, 2.24) is 0 Å². The van der Waals surface area contributed by atoms with Gasteiger partial charge in [0.15, 0.2) is 5.75 Å². The monoisotopic (exact) mass is 284 g/mol. The lowest BCUT2D eigenvalue weighted by atomic mass is 10.3. The Morgan fingerprint density at radius 1 is 0.944 bits per heavy atom. The van der Waals surface area contributed by atoms with Crippen LogP contribution in [0.15, 0.2) is 36.4 Å². The second kappa shape index (κ2) is 5.48. The lowest BCUT2D eigenvalue weighted by Gasteiger charge is -2.10. The van der Waals surface area contributed by atoms with E-state index in [0.717, 1.165) is 11.4 Å². The molecule has 0 amide bonds. The van der Waals surface area contributed by atoms with Gasteiger partial charge in [-0.3, -0.25) is 0 Å². The number of ether oxygens (including phenoxy) is 2. The maximum atomic E-state index is 6.07. The summed E-state index contributed by atoms with van der Waals surface area (Å²) in [5.41, 5.74) is 4.51. The first-order chi connectivity index (χ1) is 8.60. The Bertz CT molecular complexity index is 532. The van der Waals surface area contributed by atoms with Gasteiger partial charge in [0.2, 0.25) is 0 Å². The summed E-state index contributed by atoms with van der Waals surface area (Å²) in [6.45, 7) is 0. The zero-order chi connectivity index (χ0) is 13.1. The summed E-state index contributed by atoms with van der Waals surface area (Å²) in [6.07, 6.45) is 0. The summed E-state index contributed by atoms with van der Waals surface area (Å²) in [4.78, 5) is 0. The van der Waals surface area contributed by atoms with Crippen LogP contribution in [-0.4, -0.2) is 7.11 Å². The quantitative estimate of drug-likeness (QED) is 0.935. The first-order valence-corrected chi connectivity index (χ1v) is 5.98. The van der Waals surface area contributed by atoms with Gasteiger partial charge >= 0.3 is 0 Å². The molecule has 0 aliphatic carbocycles. The number of benzene rings is 2. The lowest BCUT2D eigenvalue weighted by molar-refractivity contribution is -0.254. The molecule has 0 atom stereocenters. The third-order valence-corrected chi connectivity index (χ3v) is 2.90. The van der Waals surface area contributed by atoms with E-state index in [1.165, 1.54) is 0 Å². The molecule has 3 N–H and O–H groups in total. The van der Waals surface area contributed by atoms with E-state index in [-0.39, 0.29) is 0 Å². The third-order valence-electron chi connectivity index (χ3n) is 2.34. The summed E-state index contributed by atoms with van der Waals surface area (Å²) in [6, 6.07) is 10.6. The minimum atomic E-state index is 0.427. The molecular weight excluding hydrogens is 273 g/mol. The highest BCUT2D eigenvalue weighted by Crippen LogP contribution is 2.37. The molecule has 0 saturated carbocycles. The van der Waals surface area contributed by atoms with Crippen molar-refractivity contribution in [3.63, 3.8) is 0 Å². The lowest BCUT2D eigenvalue weighted by Crippen LogP contribution is -2.40. The highest BCUT2D eigenvalue weighted by molar-refractivity contribution is 6.37. The highest BCUT2D eigenvalue weighted by atomic mass is 35.5. The van der Waals surface area contributed by atoms with Crippen LogP contribution in [0.1, 0.15) is 0 Å². The van der Waals surface area contributed by atoms with Crippen LogP contribution in [0.4, 0.5) is 5.69 Å². The summed E-state index contributed by atoms with van der Waals surface area (Å²) >= 11 is 12.1. The molecule has 0 radical (unpaired) electrons. The third kappa shape index (κ3) is 2.88. The molecule has 0 aromatic heterocycles. The van der Waals surface area contributed by atoms with Crippen molar-refractivity contribution in [2.75, 3.05) is 7.11 Å². The van der Waals surface area contributed by atoms with Crippen LogP contribution in [0, 0.1) is 0 Å². The van der Waals surface area contributed by atoms with Crippen molar-refractivity contribution in [2.24, 2.45) is 0 Å². The summed E-state index contributed by atoms with van der Waals surface area (Å²) in [5, 5.41) is 0.867. The number of quaternary nitrogens is 1. The zero-order valence-corrected chi connectivity index (χ0v) is 11.3. The Labute approximate surface area is 115 Å². The molecule has 94 valence electrons. The predicted molar refractivity (Wildman–Crippen MR) is 72.1 cm³/mol. The zero-order valence-electron chi connectivity index (χ0n) is 9.74. The molecule has 0 saturated heterocycles. The molecule has 2 aromatic carbocycles. The van der Waals surface area contributed by atoms with Gasteiger partial charge in [-0.1, -0.05) is 23.2 Å². The molecule has 0 aliphatic rings. The van der Waals surface area contributed by atoms with Crippen LogP contribution in [0.25, 0.3) is 0 Å². The van der Waals surface area contributed by atoms with Crippen molar-refractivity contribution in [3.05, 3.63) is 46.4 Å². The minimum absolute atomic E-state index is 0.427. The number of halogens is 2. The Morgan fingerprint density at radius 2 is 1.44 bits per heavy atom. The molecule has 0 bridgehead atoms. The Kier molecular flexibility index (Phi) is 3.97. The van der Waals surface area contributed by atoms with Gasteiger partial charge in [0.05, 0.1) is 17.2 Å². The fourth-order valence-electron chi connectivity index (χ4n) is 1.47. The Balaban J connectivity index is 2.28. The molecule has 18 heavy (non-hydrogen) atoms. The van der Waals surface area contributed by atoms with Crippen LogP contribution in [-0.2, 0) is 0 Å². The van der Waals surface area contributed by atoms with Gasteiger partial charge in [0, 0.05) is 12.1 Å². The normalized spacial score (nSPS) is 10.2. The number of hydrogen-bond donors (Lipinski definition) is 1. The van der Waals surface area contributed by atoms with E-state index in [9.17, 15) is 0 Å². The van der Waals surface area contributed by atoms with E-state index in [1.54, 1.807) is 43.5 Å². The molecule has 5 heteroatoms. The number of methoxy groups -OCH3 is 1. The summed E-state index contributed by atoms with van der Waals surface area (Å²) in [5.74, 6) is 1.82. The minimum Gasteiger partial charge on any atom is -0.497 e. The summed E-state index contributed by atoms with van der Waals surface area (Å²) in [7, 11) is 1.61. The van der Waals surface area contributed by atoms with Crippen molar-refractivity contribution in [1.29, 1.82) is 0 Å². The topological polar surface area (TPSA) is 46.1 Å². The average Bonchev–Trinajstić information content (AvgIpc) is 2.34. The van der Waals surface area contributed by atoms with Gasteiger partial charge in [0.25, 0.3) is 0 Å². The molecule has 2 aromatic rings. The predicted octanol–water partition coefficient (Wildman–Crippen LogP) is 3.67. The smallest absolute Gasteiger partial charge is 0.165 e. The molecule has 3 nitrogen and oxygen atoms in total. The van der Waals surface area contributed by atoms with Crippen molar-refractivity contribution in [2.45, 2.75) is 0 Å². The Hall–Kier alpha value is -1.42. The average molecular weight is 285 g/mol. The molecule has 0 heterocycles. The van der Waals surface area contributed by atoms with E-state index >= 15 is 0 Å². The maximum Gasteiger partial charge on any atom is 0.165 e. The molecule has 0 spiro atoms. The highest BCUT2D eigenvalue weighted by Gasteiger charge is 2.11. The van der Waals surface area contributed by atoms with E-state index in [4.69, 9.17) is 32.7 Å². The number of rotatable bonds is 3. The van der Waals surface area contributed by atoms with E-state index in [2.05, 4.69) is 5.73 Å². The van der Waals surface area contributed by atoms with Crippen molar-refractivity contribution < 1.29 is 15.2 Å². The van der Waals surface area contributed by atoms with Crippen molar-refractivity contribution >= 4 is 28.9 Å². The molecule has 2 rings (SSSR count). The van der Waals surface area contributed by atoms with Gasteiger partial charge in [-0.2, -0.15) is 0 Å². The van der Waals surface area contributed by atoms with Crippen LogP contribution in [0.2, 0.25) is 10.0 Å². The molecule has 0 unspecified atom stereocenters. The van der Waals surface area contributed by atoms with Gasteiger partial charge in [-0.15, -0.1) is 0 Å². The molecule has 0 aliphatic heterocycles. The van der Waals surface area contributed by atoms with Gasteiger partial charge < -0.3 is 15.2 Å².